The second-order valence-electron chi connectivity index (χ2n) is 7.76. The van der Waals surface area contributed by atoms with E-state index in [0.717, 1.165) is 50.9 Å². The van der Waals surface area contributed by atoms with Gasteiger partial charge in [0, 0.05) is 52.6 Å². The minimum atomic E-state index is 0.341. The summed E-state index contributed by atoms with van der Waals surface area (Å²) in [6, 6.07) is 4.10. The van der Waals surface area contributed by atoms with Gasteiger partial charge in [-0.05, 0) is 43.2 Å². The molecule has 1 saturated carbocycles. The largest absolute Gasteiger partial charge is 0.385 e. The van der Waals surface area contributed by atoms with E-state index in [-0.39, 0.29) is 0 Å². The van der Waals surface area contributed by atoms with Crippen LogP contribution in [0.3, 0.4) is 0 Å². The van der Waals surface area contributed by atoms with E-state index < -0.39 is 0 Å². The van der Waals surface area contributed by atoms with Gasteiger partial charge in [0.1, 0.15) is 5.82 Å². The second-order valence-corrected chi connectivity index (χ2v) is 8.17. The summed E-state index contributed by atoms with van der Waals surface area (Å²) in [6.07, 6.45) is 9.14. The van der Waals surface area contributed by atoms with Crippen LogP contribution in [0.5, 0.6) is 0 Å². The lowest BCUT2D eigenvalue weighted by atomic mass is 9.83. The van der Waals surface area contributed by atoms with Crippen molar-refractivity contribution in [3.63, 3.8) is 0 Å². The molecule has 1 unspecified atom stereocenters. The van der Waals surface area contributed by atoms with Crippen molar-refractivity contribution in [3.8, 4) is 0 Å². The summed E-state index contributed by atoms with van der Waals surface area (Å²) < 4.78 is 5.34. The van der Waals surface area contributed by atoms with Crippen LogP contribution >= 0.6 is 11.6 Å². The summed E-state index contributed by atoms with van der Waals surface area (Å²) in [7, 11) is 3.63. The first-order valence-corrected chi connectivity index (χ1v) is 10.4. The van der Waals surface area contributed by atoms with E-state index in [1.165, 1.54) is 25.7 Å². The van der Waals surface area contributed by atoms with Crippen LogP contribution in [0.25, 0.3) is 0 Å². The lowest BCUT2D eigenvalue weighted by Crippen LogP contribution is -2.47. The number of aliphatic imine (C=N–C) groups is 1. The average Bonchev–Trinajstić information content (AvgIpc) is 3.34. The molecule has 1 atom stereocenters. The number of guanidine groups is 1. The summed E-state index contributed by atoms with van der Waals surface area (Å²) in [6.45, 7) is 3.62. The van der Waals surface area contributed by atoms with Gasteiger partial charge in [-0.1, -0.05) is 24.4 Å². The van der Waals surface area contributed by atoms with E-state index in [2.05, 4.69) is 25.5 Å². The molecular weight excluding hydrogens is 362 g/mol. The molecule has 2 aliphatic rings. The Labute approximate surface area is 167 Å². The first-order valence-electron chi connectivity index (χ1n) is 9.97. The molecule has 150 valence electrons. The monoisotopic (exact) mass is 393 g/mol. The maximum atomic E-state index is 6.29. The number of methoxy groups -OCH3 is 1. The van der Waals surface area contributed by atoms with Crippen LogP contribution in [-0.4, -0.2) is 57.4 Å². The molecule has 2 heterocycles. The predicted molar refractivity (Wildman–Crippen MR) is 112 cm³/mol. The zero-order valence-electron chi connectivity index (χ0n) is 16.5. The van der Waals surface area contributed by atoms with E-state index in [0.29, 0.717) is 16.5 Å². The van der Waals surface area contributed by atoms with Crippen LogP contribution in [0.1, 0.15) is 38.5 Å². The molecule has 0 spiro atoms. The highest BCUT2D eigenvalue weighted by Gasteiger charge is 2.34. The molecule has 3 rings (SSSR count). The zero-order chi connectivity index (χ0) is 19.1. The van der Waals surface area contributed by atoms with Gasteiger partial charge >= 0.3 is 0 Å². The molecule has 1 aliphatic heterocycles. The van der Waals surface area contributed by atoms with Gasteiger partial charge in [-0.3, -0.25) is 4.99 Å². The molecule has 6 nitrogen and oxygen atoms in total. The lowest BCUT2D eigenvalue weighted by molar-refractivity contribution is 0.138. The van der Waals surface area contributed by atoms with Gasteiger partial charge in [0.05, 0.1) is 5.02 Å². The van der Waals surface area contributed by atoms with Gasteiger partial charge in [0.2, 0.25) is 0 Å². The van der Waals surface area contributed by atoms with Crippen molar-refractivity contribution in [3.05, 3.63) is 23.4 Å². The number of hydrogen-bond donors (Lipinski definition) is 2. The molecular formula is C20H32ClN5O. The van der Waals surface area contributed by atoms with Crippen molar-refractivity contribution < 1.29 is 4.74 Å². The van der Waals surface area contributed by atoms with E-state index in [9.17, 15) is 0 Å². The molecule has 27 heavy (non-hydrogen) atoms. The van der Waals surface area contributed by atoms with Gasteiger partial charge in [-0.2, -0.15) is 0 Å². The summed E-state index contributed by atoms with van der Waals surface area (Å²) in [4.78, 5) is 11.1. The Balaban J connectivity index is 1.51. The Morgan fingerprint density at radius 2 is 2.26 bits per heavy atom. The number of halogens is 1. The summed E-state index contributed by atoms with van der Waals surface area (Å²) in [5, 5.41) is 7.86. The molecule has 0 radical (unpaired) electrons. The number of nitrogens with one attached hydrogen (secondary N) is 2. The highest BCUT2D eigenvalue weighted by Crippen LogP contribution is 2.40. The maximum Gasteiger partial charge on any atom is 0.191 e. The Morgan fingerprint density at radius 1 is 1.44 bits per heavy atom. The van der Waals surface area contributed by atoms with Crippen molar-refractivity contribution in [2.24, 2.45) is 10.4 Å². The number of aromatic nitrogens is 1. The zero-order valence-corrected chi connectivity index (χ0v) is 17.3. The third-order valence-corrected chi connectivity index (χ3v) is 6.22. The first-order chi connectivity index (χ1) is 13.2. The number of pyridine rings is 1. The maximum absolute atomic E-state index is 6.29. The van der Waals surface area contributed by atoms with Crippen molar-refractivity contribution in [2.45, 2.75) is 44.6 Å². The summed E-state index contributed by atoms with van der Waals surface area (Å²) >= 11 is 6.29. The SMILES string of the molecule is CN=C(NCC1(CCOC)CCCC1)NC1CCN(c2ncccc2Cl)C1. The third kappa shape index (κ3) is 5.26. The van der Waals surface area contributed by atoms with Gasteiger partial charge in [-0.25, -0.2) is 4.98 Å². The number of nitrogens with zero attached hydrogens (tertiary/aromatic N) is 3. The van der Waals surface area contributed by atoms with Crippen LogP contribution in [0, 0.1) is 5.41 Å². The number of anilines is 1. The quantitative estimate of drug-likeness (QED) is 0.550. The van der Waals surface area contributed by atoms with E-state index in [4.69, 9.17) is 16.3 Å². The fourth-order valence-electron chi connectivity index (χ4n) is 4.30. The highest BCUT2D eigenvalue weighted by molar-refractivity contribution is 6.32. The third-order valence-electron chi connectivity index (χ3n) is 5.92. The molecule has 0 amide bonds. The molecule has 0 aromatic carbocycles. The van der Waals surface area contributed by atoms with E-state index in [1.54, 1.807) is 13.3 Å². The number of hydrogen-bond acceptors (Lipinski definition) is 4. The fourth-order valence-corrected chi connectivity index (χ4v) is 4.54. The average molecular weight is 394 g/mol. The summed E-state index contributed by atoms with van der Waals surface area (Å²) in [5.41, 5.74) is 0.344. The minimum Gasteiger partial charge on any atom is -0.385 e. The molecule has 2 N–H and O–H groups in total. The molecule has 7 heteroatoms. The van der Waals surface area contributed by atoms with Crippen LogP contribution < -0.4 is 15.5 Å². The molecule has 1 saturated heterocycles. The molecule has 1 aromatic heterocycles. The smallest absolute Gasteiger partial charge is 0.191 e. The fraction of sp³-hybridized carbons (Fsp3) is 0.700. The Morgan fingerprint density at radius 3 is 2.96 bits per heavy atom. The highest BCUT2D eigenvalue weighted by atomic mass is 35.5. The van der Waals surface area contributed by atoms with Crippen LogP contribution in [0.4, 0.5) is 5.82 Å². The topological polar surface area (TPSA) is 61.8 Å². The first kappa shape index (κ1) is 20.2. The van der Waals surface area contributed by atoms with Crippen LogP contribution in [0.2, 0.25) is 5.02 Å². The Kier molecular flexibility index (Phi) is 7.19. The predicted octanol–water partition coefficient (Wildman–Crippen LogP) is 3.08. The van der Waals surface area contributed by atoms with Crippen molar-refractivity contribution in [1.82, 2.24) is 15.6 Å². The van der Waals surface area contributed by atoms with Crippen molar-refractivity contribution in [2.75, 3.05) is 45.3 Å². The van der Waals surface area contributed by atoms with Crippen molar-refractivity contribution >= 4 is 23.4 Å². The van der Waals surface area contributed by atoms with E-state index >= 15 is 0 Å². The number of rotatable bonds is 7. The Bertz CT molecular complexity index is 633. The van der Waals surface area contributed by atoms with Gasteiger partial charge in [0.25, 0.3) is 0 Å². The molecule has 2 fully saturated rings. The van der Waals surface area contributed by atoms with Gasteiger partial charge in [0.15, 0.2) is 5.96 Å². The number of ether oxygens (including phenoxy) is 1. The van der Waals surface area contributed by atoms with E-state index in [1.807, 2.05) is 19.2 Å². The molecule has 0 bridgehead atoms. The van der Waals surface area contributed by atoms with Gasteiger partial charge < -0.3 is 20.3 Å². The standard InChI is InChI=1S/C20H32ClN5O/c1-22-19(24-15-20(10-13-27-2)8-3-4-9-20)25-16-7-12-26(14-16)18-17(21)6-5-11-23-18/h5-6,11,16H,3-4,7-10,12-15H2,1-2H3,(H2,22,24,25). The normalized spacial score (nSPS) is 22.3. The lowest BCUT2D eigenvalue weighted by Gasteiger charge is -2.30. The van der Waals surface area contributed by atoms with Crippen LogP contribution in [-0.2, 0) is 4.74 Å². The Hall–Kier alpha value is -1.53. The van der Waals surface area contributed by atoms with Crippen LogP contribution in [0.15, 0.2) is 23.3 Å². The van der Waals surface area contributed by atoms with Gasteiger partial charge in [-0.15, -0.1) is 0 Å². The van der Waals surface area contributed by atoms with Crippen molar-refractivity contribution in [1.29, 1.82) is 0 Å². The second kappa shape index (κ2) is 9.60. The molecule has 1 aromatic rings. The summed E-state index contributed by atoms with van der Waals surface area (Å²) in [5.74, 6) is 1.76. The minimum absolute atomic E-state index is 0.341. The molecule has 1 aliphatic carbocycles.